The molecule has 1 saturated heterocycles. The Morgan fingerprint density at radius 3 is 3.05 bits per heavy atom. The average Bonchev–Trinajstić information content (AvgIpc) is 2.72. The highest BCUT2D eigenvalue weighted by Gasteiger charge is 2.30. The van der Waals surface area contributed by atoms with E-state index in [0.29, 0.717) is 12.3 Å². The molecule has 0 aromatic heterocycles. The first-order valence-electron chi connectivity index (χ1n) is 7.85. The highest BCUT2D eigenvalue weighted by Crippen LogP contribution is 2.28. The van der Waals surface area contributed by atoms with E-state index in [1.165, 1.54) is 6.42 Å². The van der Waals surface area contributed by atoms with Crippen LogP contribution < -0.4 is 4.74 Å². The molecule has 112 valence electrons. The van der Waals surface area contributed by atoms with Gasteiger partial charge < -0.3 is 4.74 Å². The van der Waals surface area contributed by atoms with Gasteiger partial charge in [0.25, 0.3) is 5.91 Å². The zero-order valence-electron chi connectivity index (χ0n) is 12.4. The predicted molar refractivity (Wildman–Crippen MR) is 85.6 cm³/mol. The Hall–Kier alpha value is -2.36. The normalized spacial score (nSPS) is 22.5. The summed E-state index contributed by atoms with van der Waals surface area (Å²) < 4.78 is 5.73. The standard InChI is InChI=1S/C18H18N2O2/c21-18-15(19-17-8-2-1-5-9-20(17)18)11-13-10-14-6-3-4-7-16(14)22-12-13/h3-4,6-7,10-11H,1-2,5,8-9,12H2/b15-11+. The number of benzene rings is 1. The maximum Gasteiger partial charge on any atom is 0.277 e. The zero-order valence-corrected chi connectivity index (χ0v) is 12.4. The van der Waals surface area contributed by atoms with Crippen molar-refractivity contribution >= 4 is 17.8 Å². The molecule has 0 radical (unpaired) electrons. The number of rotatable bonds is 1. The van der Waals surface area contributed by atoms with Crippen LogP contribution in [0.4, 0.5) is 0 Å². The average molecular weight is 294 g/mol. The van der Waals surface area contributed by atoms with Crippen LogP contribution in [0, 0.1) is 0 Å². The summed E-state index contributed by atoms with van der Waals surface area (Å²) in [5, 5.41) is 0. The second kappa shape index (κ2) is 5.44. The van der Waals surface area contributed by atoms with Crippen LogP contribution in [0.5, 0.6) is 5.75 Å². The van der Waals surface area contributed by atoms with E-state index >= 15 is 0 Å². The second-order valence-corrected chi connectivity index (χ2v) is 5.87. The van der Waals surface area contributed by atoms with Gasteiger partial charge in [-0.3, -0.25) is 9.69 Å². The molecule has 1 aromatic rings. The Balaban J connectivity index is 1.64. The molecular formula is C18H18N2O2. The van der Waals surface area contributed by atoms with Crippen LogP contribution in [0.2, 0.25) is 0 Å². The molecule has 1 aromatic carbocycles. The predicted octanol–water partition coefficient (Wildman–Crippen LogP) is 3.16. The van der Waals surface area contributed by atoms with Crippen molar-refractivity contribution in [2.75, 3.05) is 13.2 Å². The summed E-state index contributed by atoms with van der Waals surface area (Å²) in [5.74, 6) is 1.87. The van der Waals surface area contributed by atoms with Gasteiger partial charge in [0.05, 0.1) is 0 Å². The molecule has 1 amide bonds. The van der Waals surface area contributed by atoms with Crippen molar-refractivity contribution in [2.45, 2.75) is 25.7 Å². The first kappa shape index (κ1) is 13.3. The van der Waals surface area contributed by atoms with Crippen molar-refractivity contribution in [1.82, 2.24) is 4.90 Å². The summed E-state index contributed by atoms with van der Waals surface area (Å²) in [6.45, 7) is 1.28. The molecule has 0 spiro atoms. The van der Waals surface area contributed by atoms with Crippen LogP contribution in [0.25, 0.3) is 6.08 Å². The topological polar surface area (TPSA) is 41.9 Å². The van der Waals surface area contributed by atoms with Gasteiger partial charge in [-0.2, -0.15) is 0 Å². The Bertz CT molecular complexity index is 716. The smallest absolute Gasteiger partial charge is 0.277 e. The van der Waals surface area contributed by atoms with Crippen molar-refractivity contribution in [1.29, 1.82) is 0 Å². The molecule has 4 rings (SSSR count). The Kier molecular flexibility index (Phi) is 3.29. The molecule has 4 nitrogen and oxygen atoms in total. The van der Waals surface area contributed by atoms with Gasteiger partial charge in [0.2, 0.25) is 0 Å². The van der Waals surface area contributed by atoms with Crippen LogP contribution in [-0.2, 0) is 4.79 Å². The van der Waals surface area contributed by atoms with E-state index in [-0.39, 0.29) is 5.91 Å². The van der Waals surface area contributed by atoms with Crippen LogP contribution >= 0.6 is 0 Å². The number of amidine groups is 1. The van der Waals surface area contributed by atoms with E-state index in [2.05, 4.69) is 11.1 Å². The van der Waals surface area contributed by atoms with Gasteiger partial charge in [-0.15, -0.1) is 0 Å². The van der Waals surface area contributed by atoms with Crippen molar-refractivity contribution in [3.63, 3.8) is 0 Å². The second-order valence-electron chi connectivity index (χ2n) is 5.87. The number of carbonyl (C=O) groups is 1. The molecule has 0 unspecified atom stereocenters. The van der Waals surface area contributed by atoms with E-state index in [0.717, 1.165) is 48.5 Å². The lowest BCUT2D eigenvalue weighted by molar-refractivity contribution is -0.122. The number of carbonyl (C=O) groups excluding carboxylic acids is 1. The van der Waals surface area contributed by atoms with Gasteiger partial charge in [0.1, 0.15) is 23.9 Å². The van der Waals surface area contributed by atoms with Crippen molar-refractivity contribution in [2.24, 2.45) is 4.99 Å². The number of amides is 1. The van der Waals surface area contributed by atoms with Gasteiger partial charge in [0.15, 0.2) is 0 Å². The third kappa shape index (κ3) is 2.34. The van der Waals surface area contributed by atoms with Gasteiger partial charge >= 0.3 is 0 Å². The number of nitrogens with zero attached hydrogens (tertiary/aromatic N) is 2. The molecule has 0 saturated carbocycles. The van der Waals surface area contributed by atoms with Crippen molar-refractivity contribution in [3.05, 3.63) is 47.2 Å². The van der Waals surface area contributed by atoms with Gasteiger partial charge in [-0.05, 0) is 36.6 Å². The molecule has 3 heterocycles. The fourth-order valence-electron chi connectivity index (χ4n) is 3.14. The SMILES string of the molecule is O=C1/C(=C\C2=Cc3ccccc3OC2)N=C2CCCCCN12. The maximum atomic E-state index is 12.5. The van der Waals surface area contributed by atoms with Crippen molar-refractivity contribution in [3.8, 4) is 5.75 Å². The fraction of sp³-hybridized carbons (Fsp3) is 0.333. The van der Waals surface area contributed by atoms with Crippen LogP contribution in [0.1, 0.15) is 31.2 Å². The number of aliphatic imine (C=N–C) groups is 1. The number of hydrogen-bond acceptors (Lipinski definition) is 3. The van der Waals surface area contributed by atoms with E-state index in [4.69, 9.17) is 4.74 Å². The minimum atomic E-state index is 0.0386. The highest BCUT2D eigenvalue weighted by molar-refractivity contribution is 6.12. The number of hydrogen-bond donors (Lipinski definition) is 0. The minimum absolute atomic E-state index is 0.0386. The Morgan fingerprint density at radius 2 is 2.09 bits per heavy atom. The molecule has 4 heteroatoms. The Morgan fingerprint density at radius 1 is 1.18 bits per heavy atom. The first-order chi connectivity index (χ1) is 10.8. The van der Waals surface area contributed by atoms with Crippen LogP contribution in [0.15, 0.2) is 46.6 Å². The lowest BCUT2D eigenvalue weighted by Gasteiger charge is -2.16. The third-order valence-corrected chi connectivity index (χ3v) is 4.28. The van der Waals surface area contributed by atoms with E-state index in [9.17, 15) is 4.79 Å². The number of para-hydroxylation sites is 1. The summed E-state index contributed by atoms with van der Waals surface area (Å²) in [4.78, 5) is 18.9. The number of ether oxygens (including phenoxy) is 1. The summed E-state index contributed by atoms with van der Waals surface area (Å²) in [5.41, 5.74) is 2.59. The van der Waals surface area contributed by atoms with Crippen molar-refractivity contribution < 1.29 is 9.53 Å². The largest absolute Gasteiger partial charge is 0.488 e. The first-order valence-corrected chi connectivity index (χ1v) is 7.85. The molecule has 3 aliphatic heterocycles. The summed E-state index contributed by atoms with van der Waals surface area (Å²) >= 11 is 0. The minimum Gasteiger partial charge on any atom is -0.488 e. The molecule has 3 aliphatic rings. The zero-order chi connectivity index (χ0) is 14.9. The van der Waals surface area contributed by atoms with Gasteiger partial charge in [-0.1, -0.05) is 24.6 Å². The van der Waals surface area contributed by atoms with E-state index < -0.39 is 0 Å². The van der Waals surface area contributed by atoms with Gasteiger partial charge in [0, 0.05) is 18.5 Å². The molecule has 22 heavy (non-hydrogen) atoms. The van der Waals surface area contributed by atoms with Crippen LogP contribution in [0.3, 0.4) is 0 Å². The molecule has 0 bridgehead atoms. The fourth-order valence-corrected chi connectivity index (χ4v) is 3.14. The highest BCUT2D eigenvalue weighted by atomic mass is 16.5. The Labute approximate surface area is 129 Å². The number of fused-ring (bicyclic) bond motifs is 2. The third-order valence-electron chi connectivity index (χ3n) is 4.28. The lowest BCUT2D eigenvalue weighted by Crippen LogP contribution is -2.31. The quantitative estimate of drug-likeness (QED) is 0.747. The lowest BCUT2D eigenvalue weighted by atomic mass is 10.1. The maximum absolute atomic E-state index is 12.5. The van der Waals surface area contributed by atoms with E-state index in [1.807, 2.05) is 35.2 Å². The summed E-state index contributed by atoms with van der Waals surface area (Å²) in [7, 11) is 0. The van der Waals surface area contributed by atoms with E-state index in [1.54, 1.807) is 0 Å². The molecule has 0 N–H and O–H groups in total. The molecule has 0 aliphatic carbocycles. The van der Waals surface area contributed by atoms with Gasteiger partial charge in [-0.25, -0.2) is 4.99 Å². The summed E-state index contributed by atoms with van der Waals surface area (Å²) in [6, 6.07) is 7.92. The molecule has 1 fully saturated rings. The molecule has 0 atom stereocenters. The monoisotopic (exact) mass is 294 g/mol. The molecular weight excluding hydrogens is 276 g/mol. The summed E-state index contributed by atoms with van der Waals surface area (Å²) in [6.07, 6.45) is 8.22. The van der Waals surface area contributed by atoms with Crippen LogP contribution in [-0.4, -0.2) is 29.8 Å².